The number of nitrogens with zero attached hydrogens (tertiary/aromatic N) is 4. The van der Waals surface area contributed by atoms with Crippen molar-refractivity contribution in [3.05, 3.63) is 23.8 Å². The molecule has 31 heavy (non-hydrogen) atoms. The van der Waals surface area contributed by atoms with Gasteiger partial charge in [0.25, 0.3) is 0 Å². The first-order valence-corrected chi connectivity index (χ1v) is 9.94. The van der Waals surface area contributed by atoms with Crippen molar-refractivity contribution in [2.45, 2.75) is 26.0 Å². The highest BCUT2D eigenvalue weighted by atomic mass is 19.1. The number of carbonyl (C=O) groups excluding carboxylic acids is 2. The van der Waals surface area contributed by atoms with Crippen LogP contribution in [0.2, 0.25) is 0 Å². The number of piperidine rings is 1. The molecule has 2 saturated heterocycles. The van der Waals surface area contributed by atoms with E-state index in [4.69, 9.17) is 10.00 Å². The molecule has 4 rings (SSSR count). The predicted molar refractivity (Wildman–Crippen MR) is 107 cm³/mol. The molecule has 2 aliphatic heterocycles. The average Bonchev–Trinajstić information content (AvgIpc) is 3.03. The van der Waals surface area contributed by atoms with Gasteiger partial charge in [-0.15, -0.1) is 0 Å². The van der Waals surface area contributed by atoms with E-state index in [2.05, 4.69) is 15.6 Å². The molecule has 3 fully saturated rings. The summed E-state index contributed by atoms with van der Waals surface area (Å²) in [6, 6.07) is 1.99. The first-order chi connectivity index (χ1) is 14.8. The number of ether oxygens (including phenoxy) is 1. The van der Waals surface area contributed by atoms with Crippen molar-refractivity contribution in [2.24, 2.45) is 16.8 Å². The maximum absolute atomic E-state index is 14.9. The van der Waals surface area contributed by atoms with E-state index in [0.29, 0.717) is 18.9 Å². The van der Waals surface area contributed by atoms with Gasteiger partial charge in [0.05, 0.1) is 30.5 Å². The summed E-state index contributed by atoms with van der Waals surface area (Å²) in [5, 5.41) is 13.7. The second kappa shape index (κ2) is 8.02. The van der Waals surface area contributed by atoms with Crippen molar-refractivity contribution >= 4 is 29.2 Å². The molecule has 164 valence electrons. The van der Waals surface area contributed by atoms with E-state index >= 15 is 0 Å². The summed E-state index contributed by atoms with van der Waals surface area (Å²) in [5.74, 6) is -0.874. The number of amides is 2. The molecule has 1 aromatic rings. The second-order valence-electron chi connectivity index (χ2n) is 7.98. The average molecular weight is 432 g/mol. The Bertz CT molecular complexity index is 982. The summed E-state index contributed by atoms with van der Waals surface area (Å²) >= 11 is 0. The molecule has 4 atom stereocenters. The Morgan fingerprint density at radius 3 is 2.65 bits per heavy atom. The van der Waals surface area contributed by atoms with Crippen LogP contribution < -0.4 is 20.4 Å². The Morgan fingerprint density at radius 2 is 2.00 bits per heavy atom. The number of fused-ring (bicyclic) bond motifs is 1. The lowest BCUT2D eigenvalue weighted by molar-refractivity contribution is -0.119. The minimum Gasteiger partial charge on any atom is -0.442 e. The topological polar surface area (TPSA) is 110 Å². The Balaban J connectivity index is 1.52. The summed E-state index contributed by atoms with van der Waals surface area (Å²) in [7, 11) is 0. The largest absolute Gasteiger partial charge is 0.442 e. The van der Waals surface area contributed by atoms with Crippen LogP contribution >= 0.6 is 0 Å². The highest BCUT2D eigenvalue weighted by Gasteiger charge is 2.57. The third kappa shape index (κ3) is 4.10. The highest BCUT2D eigenvalue weighted by Crippen LogP contribution is 2.51. The molecular formula is C20H22F2N6O3. The number of benzene rings is 1. The third-order valence-electron chi connectivity index (χ3n) is 5.80. The number of cyclic esters (lactones) is 1. The van der Waals surface area contributed by atoms with Crippen molar-refractivity contribution in [1.82, 2.24) is 10.6 Å². The fourth-order valence-electron chi connectivity index (χ4n) is 4.36. The van der Waals surface area contributed by atoms with Gasteiger partial charge in [0.15, 0.2) is 12.0 Å². The highest BCUT2D eigenvalue weighted by molar-refractivity contribution is 5.94. The number of hydrogen-bond donors (Lipinski definition) is 2. The first-order valence-electron chi connectivity index (χ1n) is 9.94. The van der Waals surface area contributed by atoms with Crippen LogP contribution in [0.4, 0.5) is 25.0 Å². The number of hydrogen-bond acceptors (Lipinski definition) is 6. The van der Waals surface area contributed by atoms with E-state index in [1.54, 1.807) is 11.8 Å². The summed E-state index contributed by atoms with van der Waals surface area (Å²) in [5.41, 5.74) is 0.261. The molecule has 9 nitrogen and oxygen atoms in total. The zero-order valence-corrected chi connectivity index (χ0v) is 17.1. The van der Waals surface area contributed by atoms with Crippen molar-refractivity contribution in [3.8, 4) is 6.19 Å². The van der Waals surface area contributed by atoms with Gasteiger partial charge in [-0.1, -0.05) is 0 Å². The quantitative estimate of drug-likeness (QED) is 0.315. The fourth-order valence-corrected chi connectivity index (χ4v) is 4.36. The normalized spacial score (nSPS) is 26.9. The summed E-state index contributed by atoms with van der Waals surface area (Å²) in [6.07, 6.45) is 0.496. The summed E-state index contributed by atoms with van der Waals surface area (Å²) in [4.78, 5) is 31.0. The van der Waals surface area contributed by atoms with Crippen LogP contribution in [0.3, 0.4) is 0 Å². The molecule has 1 saturated carbocycles. The van der Waals surface area contributed by atoms with Gasteiger partial charge in [-0.05, 0) is 6.92 Å². The van der Waals surface area contributed by atoms with Crippen LogP contribution in [0.25, 0.3) is 0 Å². The van der Waals surface area contributed by atoms with E-state index in [0.717, 1.165) is 12.1 Å². The number of halogens is 2. The van der Waals surface area contributed by atoms with Crippen LogP contribution in [-0.2, 0) is 9.53 Å². The number of nitriles is 1. The number of rotatable bonds is 5. The molecule has 3 aliphatic rings. The molecule has 0 radical (unpaired) electrons. The van der Waals surface area contributed by atoms with Crippen molar-refractivity contribution < 1.29 is 23.1 Å². The van der Waals surface area contributed by atoms with Gasteiger partial charge >= 0.3 is 6.09 Å². The number of nitrogens with one attached hydrogen (secondary N) is 2. The molecule has 11 heteroatoms. The van der Waals surface area contributed by atoms with Crippen LogP contribution in [-0.4, -0.2) is 56.2 Å². The van der Waals surface area contributed by atoms with Gasteiger partial charge in [-0.2, -0.15) is 5.26 Å². The zero-order chi connectivity index (χ0) is 22.3. The fraction of sp³-hybridized carbons (Fsp3) is 0.500. The SMILES string of the molecule is CC(=O)NC[C@H]1CN(c2cc(F)cc(F)c2N2CC3C(N=C(C)NC#N)[C@H]3C2)C(=O)O1. The molecule has 1 aromatic carbocycles. The van der Waals surface area contributed by atoms with E-state index < -0.39 is 23.8 Å². The minimum atomic E-state index is -0.792. The molecule has 2 amide bonds. The molecule has 1 aliphatic carbocycles. The number of anilines is 2. The van der Waals surface area contributed by atoms with Crippen molar-refractivity contribution in [2.75, 3.05) is 36.0 Å². The molecular weight excluding hydrogens is 410 g/mol. The van der Waals surface area contributed by atoms with Crippen molar-refractivity contribution in [3.63, 3.8) is 0 Å². The van der Waals surface area contributed by atoms with Crippen LogP contribution in [0, 0.1) is 34.9 Å². The summed E-state index contributed by atoms with van der Waals surface area (Å²) in [6.45, 7) is 4.26. The minimum absolute atomic E-state index is 0.0582. The van der Waals surface area contributed by atoms with Gasteiger partial charge in [0.2, 0.25) is 5.91 Å². The maximum Gasteiger partial charge on any atom is 0.414 e. The van der Waals surface area contributed by atoms with E-state index in [9.17, 15) is 18.4 Å². The molecule has 0 bridgehead atoms. The van der Waals surface area contributed by atoms with Gasteiger partial charge in [0.1, 0.15) is 17.8 Å². The Morgan fingerprint density at radius 1 is 1.29 bits per heavy atom. The second-order valence-corrected chi connectivity index (χ2v) is 7.98. The lowest BCUT2D eigenvalue weighted by atomic mass is 10.2. The summed E-state index contributed by atoms with van der Waals surface area (Å²) < 4.78 is 34.1. The Hall–Kier alpha value is -3.42. The van der Waals surface area contributed by atoms with Crippen LogP contribution in [0.15, 0.2) is 17.1 Å². The van der Waals surface area contributed by atoms with Crippen LogP contribution in [0.1, 0.15) is 13.8 Å². The van der Waals surface area contributed by atoms with Gasteiger partial charge in [-0.3, -0.25) is 20.0 Å². The lowest BCUT2D eigenvalue weighted by Crippen LogP contribution is -2.34. The molecule has 0 aromatic heterocycles. The van der Waals surface area contributed by atoms with Gasteiger partial charge in [0, 0.05) is 44.0 Å². The third-order valence-corrected chi connectivity index (χ3v) is 5.80. The standard InChI is InChI=1S/C20H22F2N6O3/c1-10(25-9-23)26-18-14-7-27(8-15(14)18)19-16(22)3-12(21)4-17(19)28-6-13(31-20(28)30)5-24-11(2)29/h3-4,13-15,18H,5-8H2,1-2H3,(H,24,29)(H,25,26)/t13-,14-,15?,18?/m0/s1. The molecule has 2 unspecified atom stereocenters. The smallest absolute Gasteiger partial charge is 0.414 e. The maximum atomic E-state index is 14.9. The van der Waals surface area contributed by atoms with E-state index in [1.165, 1.54) is 11.8 Å². The van der Waals surface area contributed by atoms with Gasteiger partial charge < -0.3 is 15.0 Å². The van der Waals surface area contributed by atoms with Crippen LogP contribution in [0.5, 0.6) is 0 Å². The number of carbonyl (C=O) groups is 2. The molecule has 2 N–H and O–H groups in total. The zero-order valence-electron chi connectivity index (χ0n) is 17.1. The predicted octanol–water partition coefficient (Wildman–Crippen LogP) is 1.35. The number of amidine groups is 1. The number of aliphatic imine (C=N–C) groups is 1. The Labute approximate surface area is 177 Å². The first kappa shape index (κ1) is 20.8. The molecule has 0 spiro atoms. The monoisotopic (exact) mass is 432 g/mol. The Kier molecular flexibility index (Phi) is 5.39. The lowest BCUT2D eigenvalue weighted by Gasteiger charge is -2.27. The van der Waals surface area contributed by atoms with Crippen molar-refractivity contribution in [1.29, 1.82) is 5.26 Å². The van der Waals surface area contributed by atoms with E-state index in [1.807, 2.05) is 6.19 Å². The molecule has 2 heterocycles. The van der Waals surface area contributed by atoms with Gasteiger partial charge in [-0.25, -0.2) is 13.6 Å². The van der Waals surface area contributed by atoms with E-state index in [-0.39, 0.29) is 48.2 Å².